The fourth-order valence-corrected chi connectivity index (χ4v) is 1.58. The van der Waals surface area contributed by atoms with Crippen LogP contribution in [0.3, 0.4) is 0 Å². The van der Waals surface area contributed by atoms with Gasteiger partial charge in [-0.2, -0.15) is 0 Å². The molecule has 78 valence electrons. The first-order valence-corrected chi connectivity index (χ1v) is 4.88. The molecule has 0 spiro atoms. The van der Waals surface area contributed by atoms with Crippen LogP contribution in [-0.2, 0) is 9.47 Å². The summed E-state index contributed by atoms with van der Waals surface area (Å²) in [6.07, 6.45) is 4.13. The van der Waals surface area contributed by atoms with Gasteiger partial charge < -0.3 is 9.47 Å². The molecule has 1 fully saturated rings. The largest absolute Gasteiger partial charge is 0.345 e. The Hall–Kier alpha value is -0.570. The lowest BCUT2D eigenvalue weighted by atomic mass is 10.4. The lowest BCUT2D eigenvalue weighted by Crippen LogP contribution is -2.22. The molecule has 1 aliphatic rings. The van der Waals surface area contributed by atoms with Crippen molar-refractivity contribution in [1.29, 1.82) is 0 Å². The van der Waals surface area contributed by atoms with Gasteiger partial charge in [-0.15, -0.1) is 13.2 Å². The molecule has 0 saturated heterocycles. The summed E-state index contributed by atoms with van der Waals surface area (Å²) in [6.45, 7) is 11.8. The average Bonchev–Trinajstić information content (AvgIpc) is 2.88. The van der Waals surface area contributed by atoms with Crippen LogP contribution in [0.4, 0.5) is 0 Å². The molecule has 1 saturated carbocycles. The Morgan fingerprint density at radius 3 is 2.14 bits per heavy atom. The van der Waals surface area contributed by atoms with Crippen molar-refractivity contribution in [2.45, 2.75) is 12.2 Å². The van der Waals surface area contributed by atoms with Crippen LogP contribution in [0.2, 0.25) is 0 Å². The third-order valence-corrected chi connectivity index (χ3v) is 2.39. The minimum atomic E-state index is -0.582. The topological polar surface area (TPSA) is 18.5 Å². The molecule has 1 aliphatic carbocycles. The van der Waals surface area contributed by atoms with Crippen molar-refractivity contribution in [3.8, 4) is 0 Å². The van der Waals surface area contributed by atoms with E-state index in [0.717, 1.165) is 6.42 Å². The van der Waals surface area contributed by atoms with E-state index in [1.807, 2.05) is 0 Å². The smallest absolute Gasteiger partial charge is 0.177 e. The van der Waals surface area contributed by atoms with E-state index in [9.17, 15) is 0 Å². The van der Waals surface area contributed by atoms with E-state index in [0.29, 0.717) is 18.2 Å². The monoisotopic (exact) mass is 214 g/mol. The van der Waals surface area contributed by atoms with Crippen molar-refractivity contribution in [2.75, 3.05) is 13.2 Å². The second-order valence-corrected chi connectivity index (χ2v) is 3.70. The second kappa shape index (κ2) is 4.78. The fraction of sp³-hybridized carbons (Fsp3) is 0.455. The third kappa shape index (κ3) is 2.47. The van der Waals surface area contributed by atoms with Crippen LogP contribution in [0.15, 0.2) is 36.9 Å². The van der Waals surface area contributed by atoms with Crippen LogP contribution >= 0.6 is 11.6 Å². The van der Waals surface area contributed by atoms with Crippen LogP contribution in [0.1, 0.15) is 6.42 Å². The standard InChI is InChI=1S/C11H15ClO2/c1-4-6-13-11(14-7-5-2)8-10(11)9(3)12/h4-5,10H,1-3,6-8H2/t10-/m1/s1. The van der Waals surface area contributed by atoms with Gasteiger partial charge in [-0.25, -0.2) is 0 Å². The minimum absolute atomic E-state index is 0.0871. The molecule has 1 rings (SSSR count). The summed E-state index contributed by atoms with van der Waals surface area (Å²) >= 11 is 5.81. The minimum Gasteiger partial charge on any atom is -0.345 e. The van der Waals surface area contributed by atoms with Gasteiger partial charge >= 0.3 is 0 Å². The van der Waals surface area contributed by atoms with Gasteiger partial charge in [0, 0.05) is 11.5 Å². The van der Waals surface area contributed by atoms with E-state index in [1.165, 1.54) is 0 Å². The molecule has 0 amide bonds. The maximum absolute atomic E-state index is 5.81. The normalized spacial score (nSPS) is 22.8. The Labute approximate surface area is 89.8 Å². The third-order valence-electron chi connectivity index (χ3n) is 2.13. The molecule has 0 radical (unpaired) electrons. The molecule has 2 nitrogen and oxygen atoms in total. The zero-order valence-electron chi connectivity index (χ0n) is 8.17. The first kappa shape index (κ1) is 11.5. The van der Waals surface area contributed by atoms with Crippen LogP contribution in [0.5, 0.6) is 0 Å². The van der Waals surface area contributed by atoms with Crippen molar-refractivity contribution in [3.63, 3.8) is 0 Å². The van der Waals surface area contributed by atoms with E-state index in [1.54, 1.807) is 12.2 Å². The Balaban J connectivity index is 2.50. The highest BCUT2D eigenvalue weighted by atomic mass is 35.5. The van der Waals surface area contributed by atoms with Gasteiger partial charge in [0.05, 0.1) is 19.1 Å². The Bertz CT molecular complexity index is 236. The molecule has 0 N–H and O–H groups in total. The second-order valence-electron chi connectivity index (χ2n) is 3.21. The molecule has 14 heavy (non-hydrogen) atoms. The highest BCUT2D eigenvalue weighted by molar-refractivity contribution is 6.29. The number of hydrogen-bond donors (Lipinski definition) is 0. The fourth-order valence-electron chi connectivity index (χ4n) is 1.34. The Morgan fingerprint density at radius 1 is 1.36 bits per heavy atom. The van der Waals surface area contributed by atoms with E-state index >= 15 is 0 Å². The lowest BCUT2D eigenvalue weighted by molar-refractivity contribution is -0.159. The summed E-state index contributed by atoms with van der Waals surface area (Å²) in [4.78, 5) is 0. The van der Waals surface area contributed by atoms with Crippen molar-refractivity contribution >= 4 is 11.6 Å². The number of halogens is 1. The summed E-state index contributed by atoms with van der Waals surface area (Å²) in [5.74, 6) is -0.495. The van der Waals surface area contributed by atoms with Gasteiger partial charge in [0.1, 0.15) is 0 Å². The van der Waals surface area contributed by atoms with E-state index in [-0.39, 0.29) is 5.92 Å². The number of ether oxygens (including phenoxy) is 2. The molecule has 0 unspecified atom stereocenters. The summed E-state index contributed by atoms with van der Waals surface area (Å²) in [6, 6.07) is 0. The van der Waals surface area contributed by atoms with E-state index in [4.69, 9.17) is 21.1 Å². The van der Waals surface area contributed by atoms with Crippen LogP contribution in [0, 0.1) is 5.92 Å². The Morgan fingerprint density at radius 2 is 1.86 bits per heavy atom. The quantitative estimate of drug-likeness (QED) is 0.479. The first-order chi connectivity index (χ1) is 6.66. The van der Waals surface area contributed by atoms with Gasteiger partial charge in [0.15, 0.2) is 5.79 Å². The maximum atomic E-state index is 5.81. The van der Waals surface area contributed by atoms with Crippen LogP contribution in [0.25, 0.3) is 0 Å². The Kier molecular flexibility index (Phi) is 3.93. The highest BCUT2D eigenvalue weighted by Crippen LogP contribution is 2.52. The molecule has 0 bridgehead atoms. The number of rotatable bonds is 7. The summed E-state index contributed by atoms with van der Waals surface area (Å²) in [5, 5.41) is 0.582. The maximum Gasteiger partial charge on any atom is 0.177 e. The zero-order chi connectivity index (χ0) is 10.6. The van der Waals surface area contributed by atoms with E-state index in [2.05, 4.69) is 19.7 Å². The molecule has 0 aromatic heterocycles. The van der Waals surface area contributed by atoms with Gasteiger partial charge in [-0.1, -0.05) is 30.3 Å². The molecule has 0 aromatic rings. The van der Waals surface area contributed by atoms with Gasteiger partial charge in [-0.3, -0.25) is 0 Å². The number of hydrogen-bond acceptors (Lipinski definition) is 2. The molecule has 0 aliphatic heterocycles. The predicted octanol–water partition coefficient (Wildman–Crippen LogP) is 2.86. The van der Waals surface area contributed by atoms with Crippen LogP contribution in [-0.4, -0.2) is 19.0 Å². The summed E-state index contributed by atoms with van der Waals surface area (Å²) in [5.41, 5.74) is 0. The summed E-state index contributed by atoms with van der Waals surface area (Å²) < 4.78 is 11.1. The van der Waals surface area contributed by atoms with Gasteiger partial charge in [0.2, 0.25) is 0 Å². The molecular weight excluding hydrogens is 200 g/mol. The first-order valence-electron chi connectivity index (χ1n) is 4.50. The van der Waals surface area contributed by atoms with Gasteiger partial charge in [0.25, 0.3) is 0 Å². The van der Waals surface area contributed by atoms with Crippen molar-refractivity contribution < 1.29 is 9.47 Å². The van der Waals surface area contributed by atoms with Crippen LogP contribution < -0.4 is 0 Å². The molecule has 0 heterocycles. The van der Waals surface area contributed by atoms with Gasteiger partial charge in [-0.05, 0) is 0 Å². The lowest BCUT2D eigenvalue weighted by Gasteiger charge is -2.17. The average molecular weight is 215 g/mol. The highest BCUT2D eigenvalue weighted by Gasteiger charge is 2.58. The van der Waals surface area contributed by atoms with E-state index < -0.39 is 5.79 Å². The molecule has 0 aromatic carbocycles. The zero-order valence-corrected chi connectivity index (χ0v) is 8.93. The molecular formula is C11H15ClO2. The van der Waals surface area contributed by atoms with Crippen molar-refractivity contribution in [2.24, 2.45) is 5.92 Å². The molecule has 3 heteroatoms. The van der Waals surface area contributed by atoms with Crippen molar-refractivity contribution in [1.82, 2.24) is 0 Å². The SMILES string of the molecule is C=CCOC1(OCC=C)C[C@@H]1C(=C)Cl. The summed E-state index contributed by atoms with van der Waals surface area (Å²) in [7, 11) is 0. The van der Waals surface area contributed by atoms with Crippen molar-refractivity contribution in [3.05, 3.63) is 36.9 Å². The molecule has 1 atom stereocenters. The predicted molar refractivity (Wildman–Crippen MR) is 58.1 cm³/mol.